The predicted octanol–water partition coefficient (Wildman–Crippen LogP) is 0.687. The van der Waals surface area contributed by atoms with Crippen LogP contribution >= 0.6 is 0 Å². The molecule has 1 aromatic rings. The molecule has 106 valence electrons. The molecule has 1 aliphatic carbocycles. The fourth-order valence-corrected chi connectivity index (χ4v) is 2.93. The highest BCUT2D eigenvalue weighted by Crippen LogP contribution is 2.32. The molecule has 1 aliphatic rings. The summed E-state index contributed by atoms with van der Waals surface area (Å²) in [6.45, 7) is 1.99. The Morgan fingerprint density at radius 3 is 2.26 bits per heavy atom. The first kappa shape index (κ1) is 13.8. The van der Waals surface area contributed by atoms with Gasteiger partial charge in [-0.15, -0.1) is 0 Å². The molecule has 1 heterocycles. The number of hydrogen-bond donors (Lipinski definition) is 0. The number of rotatable bonds is 2. The first-order valence-corrected chi connectivity index (χ1v) is 6.75. The Kier molecular flexibility index (Phi) is 3.52. The van der Waals surface area contributed by atoms with Crippen LogP contribution in [0.2, 0.25) is 0 Å². The maximum atomic E-state index is 12.5. The van der Waals surface area contributed by atoms with E-state index in [-0.39, 0.29) is 11.2 Å². The van der Waals surface area contributed by atoms with E-state index < -0.39 is 5.69 Å². The normalized spacial score (nSPS) is 18.3. The molecule has 0 amide bonds. The Balaban J connectivity index is 2.62. The van der Waals surface area contributed by atoms with E-state index >= 15 is 0 Å². The van der Waals surface area contributed by atoms with Gasteiger partial charge in [-0.05, 0) is 19.8 Å². The van der Waals surface area contributed by atoms with E-state index in [4.69, 9.17) is 0 Å². The third-order valence-corrected chi connectivity index (χ3v) is 4.04. The molecule has 19 heavy (non-hydrogen) atoms. The van der Waals surface area contributed by atoms with Crippen molar-refractivity contribution in [1.82, 2.24) is 14.1 Å². The van der Waals surface area contributed by atoms with Crippen molar-refractivity contribution >= 4 is 5.95 Å². The van der Waals surface area contributed by atoms with Gasteiger partial charge >= 0.3 is 11.4 Å². The van der Waals surface area contributed by atoms with Crippen LogP contribution in [0.5, 0.6) is 0 Å². The molecule has 0 radical (unpaired) electrons. The van der Waals surface area contributed by atoms with Crippen LogP contribution < -0.4 is 16.3 Å². The molecular formula is C13H22N4O2. The highest BCUT2D eigenvalue weighted by Gasteiger charge is 2.32. The Morgan fingerprint density at radius 1 is 1.16 bits per heavy atom. The second-order valence-electron chi connectivity index (χ2n) is 5.82. The van der Waals surface area contributed by atoms with E-state index in [9.17, 15) is 9.59 Å². The summed E-state index contributed by atoms with van der Waals surface area (Å²) >= 11 is 0. The molecule has 0 unspecified atom stereocenters. The van der Waals surface area contributed by atoms with Crippen LogP contribution in [0.15, 0.2) is 9.59 Å². The van der Waals surface area contributed by atoms with Gasteiger partial charge in [0.2, 0.25) is 5.95 Å². The summed E-state index contributed by atoms with van der Waals surface area (Å²) < 4.78 is 2.79. The lowest BCUT2D eigenvalue weighted by Crippen LogP contribution is -2.52. The lowest BCUT2D eigenvalue weighted by molar-refractivity contribution is 0.198. The minimum absolute atomic E-state index is 0.270. The van der Waals surface area contributed by atoms with Crippen LogP contribution in [0.1, 0.15) is 39.0 Å². The topological polar surface area (TPSA) is 60.1 Å². The van der Waals surface area contributed by atoms with E-state index in [0.717, 1.165) is 25.7 Å². The van der Waals surface area contributed by atoms with Gasteiger partial charge in [0, 0.05) is 21.1 Å². The highest BCUT2D eigenvalue weighted by atomic mass is 16.2. The monoisotopic (exact) mass is 266 g/mol. The van der Waals surface area contributed by atoms with Gasteiger partial charge in [0.05, 0.1) is 5.54 Å². The molecule has 0 spiro atoms. The summed E-state index contributed by atoms with van der Waals surface area (Å²) in [5.74, 6) is 0.394. The Bertz CT molecular complexity index is 579. The summed E-state index contributed by atoms with van der Waals surface area (Å²) in [4.78, 5) is 30.4. The maximum Gasteiger partial charge on any atom is 0.355 e. The number of nitrogens with zero attached hydrogens (tertiary/aromatic N) is 4. The summed E-state index contributed by atoms with van der Waals surface area (Å²) in [5, 5.41) is 0. The van der Waals surface area contributed by atoms with Gasteiger partial charge in [-0.2, -0.15) is 4.98 Å². The van der Waals surface area contributed by atoms with Gasteiger partial charge in [-0.3, -0.25) is 4.57 Å². The molecule has 0 bridgehead atoms. The standard InChI is InChI=1S/C13H22N4O2/c1-13(8-6-5-7-9-13)17-11(18)14-10(15(2)3)16(4)12(17)19/h5-9H2,1-4H3. The summed E-state index contributed by atoms with van der Waals surface area (Å²) in [6.07, 6.45) is 5.02. The third-order valence-electron chi connectivity index (χ3n) is 4.04. The fraction of sp³-hybridized carbons (Fsp3) is 0.769. The zero-order valence-electron chi connectivity index (χ0n) is 12.1. The van der Waals surface area contributed by atoms with Crippen LogP contribution in [0.25, 0.3) is 0 Å². The van der Waals surface area contributed by atoms with E-state index in [1.807, 2.05) is 6.92 Å². The largest absolute Gasteiger partial charge is 0.355 e. The summed E-state index contributed by atoms with van der Waals surface area (Å²) in [7, 11) is 5.20. The lowest BCUT2D eigenvalue weighted by atomic mass is 9.83. The zero-order chi connectivity index (χ0) is 14.2. The van der Waals surface area contributed by atoms with Crippen LogP contribution in [0.3, 0.4) is 0 Å². The molecule has 1 fully saturated rings. The average molecular weight is 266 g/mol. The van der Waals surface area contributed by atoms with Crippen molar-refractivity contribution in [2.75, 3.05) is 19.0 Å². The highest BCUT2D eigenvalue weighted by molar-refractivity contribution is 5.25. The first-order valence-electron chi connectivity index (χ1n) is 6.75. The quantitative estimate of drug-likeness (QED) is 0.790. The van der Waals surface area contributed by atoms with Gasteiger partial charge in [0.1, 0.15) is 0 Å². The van der Waals surface area contributed by atoms with E-state index in [1.165, 1.54) is 15.6 Å². The fourth-order valence-electron chi connectivity index (χ4n) is 2.93. The van der Waals surface area contributed by atoms with E-state index in [2.05, 4.69) is 4.98 Å². The molecular weight excluding hydrogens is 244 g/mol. The first-order chi connectivity index (χ1) is 8.87. The van der Waals surface area contributed by atoms with Crippen molar-refractivity contribution in [3.63, 3.8) is 0 Å². The van der Waals surface area contributed by atoms with Gasteiger partial charge in [-0.25, -0.2) is 14.2 Å². The van der Waals surface area contributed by atoms with E-state index in [1.54, 1.807) is 26.0 Å². The van der Waals surface area contributed by atoms with Crippen LogP contribution in [0, 0.1) is 0 Å². The summed E-state index contributed by atoms with van der Waals surface area (Å²) in [5.41, 5.74) is -1.09. The van der Waals surface area contributed by atoms with Crippen LogP contribution in [-0.2, 0) is 12.6 Å². The van der Waals surface area contributed by atoms with Gasteiger partial charge < -0.3 is 4.90 Å². The van der Waals surface area contributed by atoms with E-state index in [0.29, 0.717) is 5.95 Å². The number of anilines is 1. The van der Waals surface area contributed by atoms with Gasteiger partial charge in [0.25, 0.3) is 0 Å². The second kappa shape index (κ2) is 4.83. The molecule has 0 atom stereocenters. The molecule has 1 saturated carbocycles. The molecule has 0 N–H and O–H groups in total. The van der Waals surface area contributed by atoms with Gasteiger partial charge in [0.15, 0.2) is 0 Å². The van der Waals surface area contributed by atoms with Gasteiger partial charge in [-0.1, -0.05) is 19.3 Å². The average Bonchev–Trinajstić information content (AvgIpc) is 2.34. The molecule has 0 saturated heterocycles. The molecule has 1 aromatic heterocycles. The molecule has 0 aliphatic heterocycles. The third kappa shape index (κ3) is 2.31. The van der Waals surface area contributed by atoms with Crippen molar-refractivity contribution in [3.05, 3.63) is 21.0 Å². The predicted molar refractivity (Wildman–Crippen MR) is 74.8 cm³/mol. The lowest BCUT2D eigenvalue weighted by Gasteiger charge is -2.34. The number of aromatic nitrogens is 3. The molecule has 2 rings (SSSR count). The van der Waals surface area contributed by atoms with Crippen molar-refractivity contribution < 1.29 is 0 Å². The second-order valence-corrected chi connectivity index (χ2v) is 5.82. The Hall–Kier alpha value is -1.59. The van der Waals surface area contributed by atoms with Crippen molar-refractivity contribution in [1.29, 1.82) is 0 Å². The van der Waals surface area contributed by atoms with Crippen molar-refractivity contribution in [3.8, 4) is 0 Å². The Labute approximate surface area is 112 Å². The summed E-state index contributed by atoms with van der Waals surface area (Å²) in [6, 6.07) is 0. The zero-order valence-corrected chi connectivity index (χ0v) is 12.1. The SMILES string of the molecule is CN(C)c1nc(=O)n(C2(C)CCCCC2)c(=O)n1C. The number of hydrogen-bond acceptors (Lipinski definition) is 4. The minimum Gasteiger partial charge on any atom is -0.348 e. The minimum atomic E-state index is -0.434. The molecule has 6 heteroatoms. The Morgan fingerprint density at radius 2 is 1.74 bits per heavy atom. The smallest absolute Gasteiger partial charge is 0.348 e. The van der Waals surface area contributed by atoms with Crippen LogP contribution in [-0.4, -0.2) is 28.2 Å². The van der Waals surface area contributed by atoms with Crippen LogP contribution in [0.4, 0.5) is 5.95 Å². The van der Waals surface area contributed by atoms with Crippen molar-refractivity contribution in [2.24, 2.45) is 7.05 Å². The van der Waals surface area contributed by atoms with Crippen molar-refractivity contribution in [2.45, 2.75) is 44.6 Å². The molecule has 0 aromatic carbocycles. The maximum absolute atomic E-state index is 12.5. The molecule has 6 nitrogen and oxygen atoms in total.